The minimum Gasteiger partial charge on any atom is -0.492 e. The molecule has 0 heterocycles. The van der Waals surface area contributed by atoms with Gasteiger partial charge in [0.05, 0.1) is 6.54 Å². The van der Waals surface area contributed by atoms with Crippen molar-refractivity contribution in [3.8, 4) is 5.75 Å². The lowest BCUT2D eigenvalue weighted by Crippen LogP contribution is -2.38. The van der Waals surface area contributed by atoms with Crippen LogP contribution in [-0.4, -0.2) is 31.5 Å². The largest absolute Gasteiger partial charge is 0.492 e. The zero-order valence-electron chi connectivity index (χ0n) is 13.2. The molecule has 0 saturated carbocycles. The summed E-state index contributed by atoms with van der Waals surface area (Å²) >= 11 is 1.72. The number of carbonyl (C=O) groups excluding carboxylic acids is 1. The Morgan fingerprint density at radius 2 is 1.70 bits per heavy atom. The molecule has 2 N–H and O–H groups in total. The topological polar surface area (TPSA) is 50.4 Å². The quantitative estimate of drug-likeness (QED) is 0.576. The van der Waals surface area contributed by atoms with Gasteiger partial charge < -0.3 is 15.4 Å². The fourth-order valence-electron chi connectivity index (χ4n) is 1.88. The molecule has 23 heavy (non-hydrogen) atoms. The van der Waals surface area contributed by atoms with Crippen LogP contribution in [0.15, 0.2) is 59.5 Å². The van der Waals surface area contributed by atoms with Crippen LogP contribution >= 0.6 is 11.8 Å². The van der Waals surface area contributed by atoms with Crippen LogP contribution in [0.4, 0.5) is 4.79 Å². The molecular weight excluding hydrogens is 308 g/mol. The van der Waals surface area contributed by atoms with Gasteiger partial charge in [-0.15, -0.1) is 11.8 Å². The highest BCUT2D eigenvalue weighted by atomic mass is 32.2. The van der Waals surface area contributed by atoms with Crippen molar-refractivity contribution in [2.24, 2.45) is 0 Å². The van der Waals surface area contributed by atoms with Crippen LogP contribution in [-0.2, 0) is 0 Å². The molecule has 0 aromatic heterocycles. The van der Waals surface area contributed by atoms with Gasteiger partial charge in [-0.2, -0.15) is 0 Å². The first-order valence-corrected chi connectivity index (χ1v) is 8.61. The van der Waals surface area contributed by atoms with Gasteiger partial charge in [-0.05, 0) is 31.2 Å². The Bertz CT molecular complexity index is 588. The summed E-state index contributed by atoms with van der Waals surface area (Å²) in [6.07, 6.45) is 0. The number of urea groups is 1. The third kappa shape index (κ3) is 7.10. The number of thioether (sulfide) groups is 1. The Labute approximate surface area is 141 Å². The highest BCUT2D eigenvalue weighted by Crippen LogP contribution is 2.15. The lowest BCUT2D eigenvalue weighted by atomic mass is 10.2. The molecule has 0 aliphatic heterocycles. The lowest BCUT2D eigenvalue weighted by Gasteiger charge is -2.09. The van der Waals surface area contributed by atoms with E-state index in [2.05, 4.69) is 22.8 Å². The summed E-state index contributed by atoms with van der Waals surface area (Å²) < 4.78 is 5.55. The Morgan fingerprint density at radius 1 is 1.00 bits per heavy atom. The van der Waals surface area contributed by atoms with Crippen molar-refractivity contribution >= 4 is 17.8 Å². The van der Waals surface area contributed by atoms with E-state index in [1.54, 1.807) is 11.8 Å². The number of benzene rings is 2. The number of amides is 2. The summed E-state index contributed by atoms with van der Waals surface area (Å²) in [5.74, 6) is 1.66. The average molecular weight is 330 g/mol. The van der Waals surface area contributed by atoms with E-state index in [9.17, 15) is 4.79 Å². The highest BCUT2D eigenvalue weighted by molar-refractivity contribution is 7.99. The van der Waals surface area contributed by atoms with Gasteiger partial charge in [0.25, 0.3) is 0 Å². The predicted molar refractivity (Wildman–Crippen MR) is 95.2 cm³/mol. The maximum absolute atomic E-state index is 11.6. The van der Waals surface area contributed by atoms with Crippen LogP contribution in [0.3, 0.4) is 0 Å². The molecule has 0 bridgehead atoms. The Kier molecular flexibility index (Phi) is 7.33. The minimum atomic E-state index is -0.161. The molecule has 0 aliphatic rings. The van der Waals surface area contributed by atoms with Crippen LogP contribution in [0, 0.1) is 6.92 Å². The van der Waals surface area contributed by atoms with Crippen LogP contribution in [0.2, 0.25) is 0 Å². The first kappa shape index (κ1) is 17.2. The van der Waals surface area contributed by atoms with Crippen molar-refractivity contribution in [2.75, 3.05) is 25.4 Å². The molecule has 122 valence electrons. The molecule has 2 aromatic rings. The third-order valence-electron chi connectivity index (χ3n) is 3.08. The Balaban J connectivity index is 1.51. The molecular formula is C18H22N2O2S. The van der Waals surface area contributed by atoms with Crippen LogP contribution in [0.5, 0.6) is 5.75 Å². The van der Waals surface area contributed by atoms with E-state index in [4.69, 9.17) is 4.74 Å². The number of ether oxygens (including phenoxy) is 1. The van der Waals surface area contributed by atoms with Crippen LogP contribution in [0.1, 0.15) is 5.56 Å². The van der Waals surface area contributed by atoms with Crippen molar-refractivity contribution in [3.63, 3.8) is 0 Å². The van der Waals surface area contributed by atoms with E-state index in [1.807, 2.05) is 49.4 Å². The molecule has 2 rings (SSSR count). The van der Waals surface area contributed by atoms with E-state index in [0.717, 1.165) is 11.5 Å². The SMILES string of the molecule is Cc1ccc(OCCNC(=O)NCCSc2ccccc2)cc1. The number of aryl methyl sites for hydroxylation is 1. The maximum Gasteiger partial charge on any atom is 0.314 e. The summed E-state index contributed by atoms with van der Waals surface area (Å²) in [6, 6.07) is 17.8. The van der Waals surface area contributed by atoms with Crippen molar-refractivity contribution in [1.29, 1.82) is 0 Å². The Morgan fingerprint density at radius 3 is 2.43 bits per heavy atom. The molecule has 0 unspecified atom stereocenters. The summed E-state index contributed by atoms with van der Waals surface area (Å²) in [5.41, 5.74) is 1.20. The summed E-state index contributed by atoms with van der Waals surface area (Å²) in [5, 5.41) is 5.61. The van der Waals surface area contributed by atoms with Gasteiger partial charge in [0.15, 0.2) is 0 Å². The second-order valence-corrected chi connectivity index (χ2v) is 6.17. The molecule has 5 heteroatoms. The highest BCUT2D eigenvalue weighted by Gasteiger charge is 2.00. The van der Waals surface area contributed by atoms with Crippen molar-refractivity contribution < 1.29 is 9.53 Å². The van der Waals surface area contributed by atoms with Gasteiger partial charge in [0.2, 0.25) is 0 Å². The number of nitrogens with one attached hydrogen (secondary N) is 2. The number of hydrogen-bond acceptors (Lipinski definition) is 3. The molecule has 4 nitrogen and oxygen atoms in total. The zero-order chi connectivity index (χ0) is 16.3. The van der Waals surface area contributed by atoms with Crippen LogP contribution < -0.4 is 15.4 Å². The van der Waals surface area contributed by atoms with Crippen molar-refractivity contribution in [2.45, 2.75) is 11.8 Å². The van der Waals surface area contributed by atoms with Gasteiger partial charge in [0.1, 0.15) is 12.4 Å². The second kappa shape index (κ2) is 9.79. The van der Waals surface area contributed by atoms with Crippen molar-refractivity contribution in [3.05, 3.63) is 60.2 Å². The fourth-order valence-corrected chi connectivity index (χ4v) is 2.67. The number of carbonyl (C=O) groups is 1. The van der Waals surface area contributed by atoms with Crippen molar-refractivity contribution in [1.82, 2.24) is 10.6 Å². The average Bonchev–Trinajstić information content (AvgIpc) is 2.58. The molecule has 0 fully saturated rings. The van der Waals surface area contributed by atoms with Gasteiger partial charge in [-0.1, -0.05) is 35.9 Å². The monoisotopic (exact) mass is 330 g/mol. The number of rotatable bonds is 8. The molecule has 0 aliphatic carbocycles. The smallest absolute Gasteiger partial charge is 0.314 e. The van der Waals surface area contributed by atoms with Gasteiger partial charge >= 0.3 is 6.03 Å². The van der Waals surface area contributed by atoms with E-state index >= 15 is 0 Å². The minimum absolute atomic E-state index is 0.161. The molecule has 0 saturated heterocycles. The van der Waals surface area contributed by atoms with E-state index < -0.39 is 0 Å². The van der Waals surface area contributed by atoms with Gasteiger partial charge in [-0.25, -0.2) is 4.79 Å². The van der Waals surface area contributed by atoms with Gasteiger partial charge in [0, 0.05) is 17.2 Å². The first-order valence-electron chi connectivity index (χ1n) is 7.63. The summed E-state index contributed by atoms with van der Waals surface area (Å²) in [6.45, 7) is 3.59. The van der Waals surface area contributed by atoms with E-state index in [0.29, 0.717) is 19.7 Å². The molecule has 0 atom stereocenters. The Hall–Kier alpha value is -2.14. The van der Waals surface area contributed by atoms with E-state index in [1.165, 1.54) is 10.5 Å². The second-order valence-electron chi connectivity index (χ2n) is 5.01. The fraction of sp³-hybridized carbons (Fsp3) is 0.278. The number of hydrogen-bond donors (Lipinski definition) is 2. The molecule has 0 spiro atoms. The molecule has 0 radical (unpaired) electrons. The van der Waals surface area contributed by atoms with Gasteiger partial charge in [-0.3, -0.25) is 0 Å². The summed E-state index contributed by atoms with van der Waals surface area (Å²) in [7, 11) is 0. The zero-order valence-corrected chi connectivity index (χ0v) is 14.1. The van der Waals surface area contributed by atoms with E-state index in [-0.39, 0.29) is 6.03 Å². The lowest BCUT2D eigenvalue weighted by molar-refractivity contribution is 0.237. The van der Waals surface area contributed by atoms with Crippen LogP contribution in [0.25, 0.3) is 0 Å². The normalized spacial score (nSPS) is 10.1. The standard InChI is InChI=1S/C18H22N2O2S/c1-15-7-9-16(10-8-15)22-13-11-19-18(21)20-12-14-23-17-5-3-2-4-6-17/h2-10H,11-14H2,1H3,(H2,19,20,21). The molecule has 2 aromatic carbocycles. The summed E-state index contributed by atoms with van der Waals surface area (Å²) in [4.78, 5) is 12.8. The third-order valence-corrected chi connectivity index (χ3v) is 4.09. The predicted octanol–water partition coefficient (Wildman–Crippen LogP) is 3.47. The first-order chi connectivity index (χ1) is 11.2. The maximum atomic E-state index is 11.6. The molecule has 2 amide bonds.